The average Bonchev–Trinajstić information content (AvgIpc) is 3.46. The fraction of sp³-hybridized carbons (Fsp3) is 0.263. The third-order valence-corrected chi connectivity index (χ3v) is 5.23. The molecule has 150 valence electrons. The topological polar surface area (TPSA) is 114 Å². The number of aryl methyl sites for hydroxylation is 3. The van der Waals surface area contributed by atoms with E-state index in [-0.39, 0.29) is 0 Å². The highest BCUT2D eigenvalue weighted by atomic mass is 32.1. The van der Waals surface area contributed by atoms with Crippen LogP contribution in [0.3, 0.4) is 0 Å². The van der Waals surface area contributed by atoms with Gasteiger partial charge < -0.3 is 19.9 Å². The highest BCUT2D eigenvalue weighted by Gasteiger charge is 2.07. The molecular formula is C19H21N7O2S. The Hall–Kier alpha value is -3.40. The molecule has 0 fully saturated rings. The van der Waals surface area contributed by atoms with Crippen LogP contribution in [0.15, 0.2) is 41.1 Å². The third kappa shape index (κ3) is 5.11. The van der Waals surface area contributed by atoms with Crippen molar-refractivity contribution in [1.82, 2.24) is 25.3 Å². The molecule has 0 aliphatic carbocycles. The van der Waals surface area contributed by atoms with Crippen molar-refractivity contribution in [2.75, 3.05) is 17.7 Å². The van der Waals surface area contributed by atoms with E-state index in [0.29, 0.717) is 24.1 Å². The van der Waals surface area contributed by atoms with Crippen LogP contribution in [-0.4, -0.2) is 32.4 Å². The van der Waals surface area contributed by atoms with Gasteiger partial charge in [-0.3, -0.25) is 5.10 Å². The molecule has 29 heavy (non-hydrogen) atoms. The number of anilines is 3. The Balaban J connectivity index is 1.32. The molecule has 9 nitrogen and oxygen atoms in total. The number of aromatic amines is 1. The maximum atomic E-state index is 5.23. The highest BCUT2D eigenvalue weighted by Crippen LogP contribution is 2.25. The summed E-state index contributed by atoms with van der Waals surface area (Å²) in [4.78, 5) is 9.94. The van der Waals surface area contributed by atoms with Gasteiger partial charge in [0.15, 0.2) is 16.6 Å². The Morgan fingerprint density at radius 2 is 2.10 bits per heavy atom. The summed E-state index contributed by atoms with van der Waals surface area (Å²) in [6, 6.07) is 9.72. The van der Waals surface area contributed by atoms with E-state index in [1.165, 1.54) is 4.88 Å². The number of methoxy groups -OCH3 is 1. The Bertz CT molecular complexity index is 1070. The third-order valence-electron chi connectivity index (χ3n) is 4.12. The van der Waals surface area contributed by atoms with Crippen LogP contribution in [-0.2, 0) is 19.4 Å². The van der Waals surface area contributed by atoms with Gasteiger partial charge in [0.25, 0.3) is 0 Å². The zero-order chi connectivity index (χ0) is 20.1. The number of nitrogens with zero attached hydrogens (tertiary/aromatic N) is 4. The van der Waals surface area contributed by atoms with Crippen molar-refractivity contribution in [3.8, 4) is 5.06 Å². The smallest absolute Gasteiger partial charge is 0.224 e. The van der Waals surface area contributed by atoms with Crippen molar-refractivity contribution in [3.05, 3.63) is 58.6 Å². The van der Waals surface area contributed by atoms with Gasteiger partial charge in [0.1, 0.15) is 5.82 Å². The van der Waals surface area contributed by atoms with Gasteiger partial charge >= 0.3 is 0 Å². The second-order valence-electron chi connectivity index (χ2n) is 6.38. The van der Waals surface area contributed by atoms with Gasteiger partial charge in [-0.15, -0.1) is 11.3 Å². The van der Waals surface area contributed by atoms with E-state index in [0.717, 1.165) is 35.1 Å². The molecule has 0 radical (unpaired) electrons. The Morgan fingerprint density at radius 1 is 1.17 bits per heavy atom. The molecule has 4 aromatic rings. The predicted octanol–water partition coefficient (Wildman–Crippen LogP) is 3.71. The van der Waals surface area contributed by atoms with Crippen LogP contribution in [0.5, 0.6) is 5.06 Å². The standard InChI is InChI=1S/C19H21N7O2S/c1-12-9-14(28-26-12)11-21-19-20-8-7-16(23-19)22-17-10-13(24-25-17)3-4-15-5-6-18(27-2)29-15/h5-10H,3-4,11H2,1-2H3,(H3,20,21,22,23,24,25). The van der Waals surface area contributed by atoms with Crippen molar-refractivity contribution >= 4 is 28.9 Å². The van der Waals surface area contributed by atoms with E-state index in [9.17, 15) is 0 Å². The first kappa shape index (κ1) is 18.9. The number of hydrogen-bond donors (Lipinski definition) is 3. The summed E-state index contributed by atoms with van der Waals surface area (Å²) < 4.78 is 10.4. The van der Waals surface area contributed by atoms with Crippen LogP contribution in [0.1, 0.15) is 22.0 Å². The fourth-order valence-corrected chi connectivity index (χ4v) is 3.54. The predicted molar refractivity (Wildman–Crippen MR) is 111 cm³/mol. The van der Waals surface area contributed by atoms with Gasteiger partial charge in [-0.1, -0.05) is 5.16 Å². The molecule has 0 unspecified atom stereocenters. The summed E-state index contributed by atoms with van der Waals surface area (Å²) in [5, 5.41) is 18.5. The molecule has 0 aliphatic rings. The largest absolute Gasteiger partial charge is 0.487 e. The molecule has 0 saturated carbocycles. The van der Waals surface area contributed by atoms with E-state index in [1.807, 2.05) is 25.1 Å². The van der Waals surface area contributed by atoms with Crippen LogP contribution < -0.4 is 15.4 Å². The van der Waals surface area contributed by atoms with Crippen molar-refractivity contribution in [1.29, 1.82) is 0 Å². The fourth-order valence-electron chi connectivity index (χ4n) is 2.72. The maximum Gasteiger partial charge on any atom is 0.224 e. The minimum atomic E-state index is 0.463. The summed E-state index contributed by atoms with van der Waals surface area (Å²) in [5.41, 5.74) is 1.89. The summed E-state index contributed by atoms with van der Waals surface area (Å²) >= 11 is 1.66. The second kappa shape index (κ2) is 8.74. The lowest BCUT2D eigenvalue weighted by Crippen LogP contribution is -2.04. The molecule has 4 heterocycles. The van der Waals surface area contributed by atoms with Gasteiger partial charge in [-0.2, -0.15) is 10.1 Å². The quantitative estimate of drug-likeness (QED) is 0.382. The number of hydrogen-bond acceptors (Lipinski definition) is 9. The van der Waals surface area contributed by atoms with E-state index >= 15 is 0 Å². The molecule has 0 bridgehead atoms. The highest BCUT2D eigenvalue weighted by molar-refractivity contribution is 7.13. The monoisotopic (exact) mass is 411 g/mol. The number of aromatic nitrogens is 5. The minimum Gasteiger partial charge on any atom is -0.487 e. The first-order valence-corrected chi connectivity index (χ1v) is 9.93. The zero-order valence-electron chi connectivity index (χ0n) is 16.1. The number of ether oxygens (including phenoxy) is 1. The number of rotatable bonds is 9. The molecule has 4 rings (SSSR count). The van der Waals surface area contributed by atoms with E-state index < -0.39 is 0 Å². The first-order valence-electron chi connectivity index (χ1n) is 9.11. The van der Waals surface area contributed by atoms with Gasteiger partial charge in [0.2, 0.25) is 5.95 Å². The Kier molecular flexibility index (Phi) is 5.71. The van der Waals surface area contributed by atoms with Crippen molar-refractivity contribution in [2.24, 2.45) is 0 Å². The molecule has 10 heteroatoms. The molecule has 0 spiro atoms. The van der Waals surface area contributed by atoms with Crippen LogP contribution in [0, 0.1) is 6.92 Å². The molecule has 4 aromatic heterocycles. The molecule has 0 aromatic carbocycles. The number of H-pyrrole nitrogens is 1. The summed E-state index contributed by atoms with van der Waals surface area (Å²) in [6.45, 7) is 2.34. The summed E-state index contributed by atoms with van der Waals surface area (Å²) in [7, 11) is 1.69. The van der Waals surface area contributed by atoms with Crippen molar-refractivity contribution in [3.63, 3.8) is 0 Å². The van der Waals surface area contributed by atoms with E-state index in [2.05, 4.69) is 42.0 Å². The molecule has 0 saturated heterocycles. The van der Waals surface area contributed by atoms with E-state index in [1.54, 1.807) is 30.7 Å². The maximum absolute atomic E-state index is 5.23. The Labute approximate surface area is 171 Å². The molecule has 3 N–H and O–H groups in total. The second-order valence-corrected chi connectivity index (χ2v) is 7.51. The lowest BCUT2D eigenvalue weighted by Gasteiger charge is -2.05. The minimum absolute atomic E-state index is 0.463. The molecular weight excluding hydrogens is 390 g/mol. The van der Waals surface area contributed by atoms with Crippen molar-refractivity contribution < 1.29 is 9.26 Å². The van der Waals surface area contributed by atoms with Gasteiger partial charge in [-0.25, -0.2) is 4.98 Å². The summed E-state index contributed by atoms with van der Waals surface area (Å²) in [5.74, 6) is 2.58. The van der Waals surface area contributed by atoms with Gasteiger partial charge in [0.05, 0.1) is 19.3 Å². The summed E-state index contributed by atoms with van der Waals surface area (Å²) in [6.07, 6.45) is 3.48. The van der Waals surface area contributed by atoms with Gasteiger partial charge in [-0.05, 0) is 38.0 Å². The van der Waals surface area contributed by atoms with Gasteiger partial charge in [0, 0.05) is 28.9 Å². The first-order chi connectivity index (χ1) is 14.2. The Morgan fingerprint density at radius 3 is 2.90 bits per heavy atom. The van der Waals surface area contributed by atoms with Crippen LogP contribution in [0.2, 0.25) is 0 Å². The van der Waals surface area contributed by atoms with Crippen LogP contribution in [0.25, 0.3) is 0 Å². The van der Waals surface area contributed by atoms with Crippen molar-refractivity contribution in [2.45, 2.75) is 26.3 Å². The van der Waals surface area contributed by atoms with E-state index in [4.69, 9.17) is 9.26 Å². The lowest BCUT2D eigenvalue weighted by atomic mass is 10.2. The molecule has 0 amide bonds. The normalized spacial score (nSPS) is 10.8. The molecule has 0 aliphatic heterocycles. The van der Waals surface area contributed by atoms with Crippen LogP contribution in [0.4, 0.5) is 17.6 Å². The number of nitrogens with one attached hydrogen (secondary N) is 3. The SMILES string of the molecule is COc1ccc(CCc2cc(Nc3ccnc(NCc4cc(C)no4)n3)n[nH]2)s1. The average molecular weight is 411 g/mol. The molecule has 0 atom stereocenters. The zero-order valence-corrected chi connectivity index (χ0v) is 16.9. The lowest BCUT2D eigenvalue weighted by molar-refractivity contribution is 0.384. The number of thiophene rings is 1. The van der Waals surface area contributed by atoms with Crippen LogP contribution >= 0.6 is 11.3 Å².